The van der Waals surface area contributed by atoms with Gasteiger partial charge < -0.3 is 13.9 Å². The molecule has 0 N–H and O–H groups in total. The molecule has 0 bridgehead atoms. The van der Waals surface area contributed by atoms with E-state index >= 15 is 0 Å². The van der Waals surface area contributed by atoms with Crippen LogP contribution in [0.5, 0.6) is 11.6 Å². The van der Waals surface area contributed by atoms with E-state index in [9.17, 15) is 0 Å². The van der Waals surface area contributed by atoms with E-state index in [1.165, 1.54) is 29.7 Å². The third-order valence-corrected chi connectivity index (χ3v) is 7.16. The fourth-order valence-corrected chi connectivity index (χ4v) is 5.62. The third kappa shape index (κ3) is 3.87. The molecule has 1 aromatic carbocycles. The monoisotopic (exact) mass is 449 g/mol. The summed E-state index contributed by atoms with van der Waals surface area (Å²) in [5, 5.41) is 8.78. The third-order valence-electron chi connectivity index (χ3n) is 5.97. The Morgan fingerprint density at radius 3 is 2.69 bits per heavy atom. The molecular weight excluding hydrogens is 426 g/mol. The molecule has 6 rings (SSSR count). The summed E-state index contributed by atoms with van der Waals surface area (Å²) < 4.78 is 17.1. The van der Waals surface area contributed by atoms with Crippen molar-refractivity contribution in [1.82, 2.24) is 25.1 Å². The van der Waals surface area contributed by atoms with Crippen LogP contribution in [0.25, 0.3) is 21.7 Å². The summed E-state index contributed by atoms with van der Waals surface area (Å²) in [5.74, 6) is 2.67. The van der Waals surface area contributed by atoms with E-state index in [0.717, 1.165) is 66.5 Å². The average molecular weight is 450 g/mol. The highest BCUT2D eigenvalue weighted by Gasteiger charge is 2.23. The molecule has 1 saturated heterocycles. The molecule has 1 fully saturated rings. The number of benzene rings is 1. The number of aryl methyl sites for hydroxylation is 2. The molecule has 9 heteroatoms. The van der Waals surface area contributed by atoms with Crippen molar-refractivity contribution < 1.29 is 13.9 Å². The van der Waals surface area contributed by atoms with E-state index in [4.69, 9.17) is 23.9 Å². The summed E-state index contributed by atoms with van der Waals surface area (Å²) in [6.07, 6.45) is 5.95. The molecule has 0 amide bonds. The number of rotatable bonds is 5. The van der Waals surface area contributed by atoms with E-state index < -0.39 is 0 Å². The number of ether oxygens (including phenoxy) is 2. The van der Waals surface area contributed by atoms with Gasteiger partial charge in [-0.05, 0) is 55.5 Å². The summed E-state index contributed by atoms with van der Waals surface area (Å²) >= 11 is 1.80. The minimum absolute atomic E-state index is 0.487. The molecular formula is C23H23N5O3S. The van der Waals surface area contributed by atoms with Crippen LogP contribution in [0.4, 0.5) is 0 Å². The molecule has 4 heterocycles. The lowest BCUT2D eigenvalue weighted by Crippen LogP contribution is -2.36. The van der Waals surface area contributed by atoms with Crippen LogP contribution in [0.1, 0.15) is 29.1 Å². The Morgan fingerprint density at radius 2 is 1.88 bits per heavy atom. The Kier molecular flexibility index (Phi) is 5.30. The van der Waals surface area contributed by atoms with E-state index in [0.29, 0.717) is 18.3 Å². The molecule has 4 aromatic rings. The second kappa shape index (κ2) is 8.57. The number of thiophene rings is 1. The highest BCUT2D eigenvalue weighted by molar-refractivity contribution is 7.18. The van der Waals surface area contributed by atoms with Crippen molar-refractivity contribution >= 4 is 21.6 Å². The average Bonchev–Trinajstić information content (AvgIpc) is 3.48. The van der Waals surface area contributed by atoms with Crippen LogP contribution in [0, 0.1) is 0 Å². The molecule has 0 spiro atoms. The van der Waals surface area contributed by atoms with Crippen LogP contribution in [0.2, 0.25) is 0 Å². The van der Waals surface area contributed by atoms with Gasteiger partial charge in [-0.3, -0.25) is 4.90 Å². The second-order valence-corrected chi connectivity index (χ2v) is 9.18. The Balaban J connectivity index is 1.36. The quantitative estimate of drug-likeness (QED) is 0.447. The zero-order valence-electron chi connectivity index (χ0n) is 17.6. The lowest BCUT2D eigenvalue weighted by Gasteiger charge is -2.25. The summed E-state index contributed by atoms with van der Waals surface area (Å²) in [4.78, 5) is 14.6. The summed E-state index contributed by atoms with van der Waals surface area (Å²) in [6, 6.07) is 7.65. The molecule has 0 atom stereocenters. The lowest BCUT2D eigenvalue weighted by atomic mass is 9.97. The van der Waals surface area contributed by atoms with Gasteiger partial charge in [0.15, 0.2) is 0 Å². The predicted octanol–water partition coefficient (Wildman–Crippen LogP) is 4.24. The van der Waals surface area contributed by atoms with Gasteiger partial charge in [-0.1, -0.05) is 0 Å². The SMILES string of the molecule is c1nnc(-c2ccc(Oc3nc(CN4CCOCC4)nc4sc5c(c34)CCCC5)cc2)o1. The smallest absolute Gasteiger partial charge is 0.247 e. The molecule has 1 aliphatic heterocycles. The molecule has 32 heavy (non-hydrogen) atoms. The van der Waals surface area contributed by atoms with Crippen molar-refractivity contribution in [1.29, 1.82) is 0 Å². The molecule has 0 saturated carbocycles. The maximum atomic E-state index is 6.36. The zero-order chi connectivity index (χ0) is 21.3. The van der Waals surface area contributed by atoms with Gasteiger partial charge in [0.05, 0.1) is 25.1 Å². The van der Waals surface area contributed by atoms with Crippen LogP contribution in [0.3, 0.4) is 0 Å². The van der Waals surface area contributed by atoms with Crippen molar-refractivity contribution in [3.05, 3.63) is 46.9 Å². The molecule has 0 unspecified atom stereocenters. The Morgan fingerprint density at radius 1 is 1.03 bits per heavy atom. The largest absolute Gasteiger partial charge is 0.438 e. The van der Waals surface area contributed by atoms with Gasteiger partial charge in [0.25, 0.3) is 0 Å². The van der Waals surface area contributed by atoms with Gasteiger partial charge in [-0.25, -0.2) is 4.98 Å². The van der Waals surface area contributed by atoms with Gasteiger partial charge in [0.1, 0.15) is 16.4 Å². The lowest BCUT2D eigenvalue weighted by molar-refractivity contribution is 0.0330. The Labute approximate surface area is 189 Å². The summed E-state index contributed by atoms with van der Waals surface area (Å²) in [5.41, 5.74) is 2.22. The van der Waals surface area contributed by atoms with E-state index in [2.05, 4.69) is 15.1 Å². The molecule has 1 aliphatic carbocycles. The van der Waals surface area contributed by atoms with Crippen molar-refractivity contribution in [2.45, 2.75) is 32.2 Å². The molecule has 8 nitrogen and oxygen atoms in total. The van der Waals surface area contributed by atoms with Crippen LogP contribution < -0.4 is 4.74 Å². The van der Waals surface area contributed by atoms with E-state index in [1.54, 1.807) is 11.3 Å². The molecule has 2 aliphatic rings. The number of fused-ring (bicyclic) bond motifs is 3. The van der Waals surface area contributed by atoms with Gasteiger partial charge in [0.2, 0.25) is 18.2 Å². The normalized spacial score (nSPS) is 16.9. The van der Waals surface area contributed by atoms with Crippen LogP contribution >= 0.6 is 11.3 Å². The Hall–Kier alpha value is -2.88. The fourth-order valence-electron chi connectivity index (χ4n) is 4.35. The fraction of sp³-hybridized carbons (Fsp3) is 0.391. The zero-order valence-corrected chi connectivity index (χ0v) is 18.4. The first-order chi connectivity index (χ1) is 15.8. The number of hydrogen-bond donors (Lipinski definition) is 0. The first-order valence-corrected chi connectivity index (χ1v) is 11.8. The number of aromatic nitrogens is 4. The summed E-state index contributed by atoms with van der Waals surface area (Å²) in [7, 11) is 0. The van der Waals surface area contributed by atoms with E-state index in [1.807, 2.05) is 24.3 Å². The molecule has 0 radical (unpaired) electrons. The standard InChI is InChI=1S/C23H23N5O3S/c1-2-4-18-17(3-1)20-22(31-16-7-5-15(6-8-16)21-27-24-14-30-21)25-19(26-23(20)32-18)13-28-9-11-29-12-10-28/h5-8,14H,1-4,9-13H2. The van der Waals surface area contributed by atoms with E-state index in [-0.39, 0.29) is 0 Å². The first-order valence-electron chi connectivity index (χ1n) is 11.0. The predicted molar refractivity (Wildman–Crippen MR) is 120 cm³/mol. The minimum atomic E-state index is 0.487. The second-order valence-electron chi connectivity index (χ2n) is 8.09. The van der Waals surface area contributed by atoms with Gasteiger partial charge in [0, 0.05) is 23.5 Å². The highest BCUT2D eigenvalue weighted by Crippen LogP contribution is 2.41. The van der Waals surface area contributed by atoms with Crippen molar-refractivity contribution in [2.24, 2.45) is 0 Å². The first kappa shape index (κ1) is 19.8. The van der Waals surface area contributed by atoms with Crippen molar-refractivity contribution in [3.63, 3.8) is 0 Å². The van der Waals surface area contributed by atoms with Gasteiger partial charge in [-0.2, -0.15) is 4.98 Å². The number of hydrogen-bond acceptors (Lipinski definition) is 9. The highest BCUT2D eigenvalue weighted by atomic mass is 32.1. The summed E-state index contributed by atoms with van der Waals surface area (Å²) in [6.45, 7) is 4.01. The molecule has 164 valence electrons. The van der Waals surface area contributed by atoms with Gasteiger partial charge in [-0.15, -0.1) is 21.5 Å². The number of nitrogens with zero attached hydrogens (tertiary/aromatic N) is 5. The van der Waals surface area contributed by atoms with Crippen molar-refractivity contribution in [2.75, 3.05) is 26.3 Å². The minimum Gasteiger partial charge on any atom is -0.438 e. The van der Waals surface area contributed by atoms with Gasteiger partial charge >= 0.3 is 0 Å². The van der Waals surface area contributed by atoms with Crippen LogP contribution in [-0.2, 0) is 24.1 Å². The topological polar surface area (TPSA) is 86.4 Å². The molecule has 3 aromatic heterocycles. The maximum Gasteiger partial charge on any atom is 0.247 e. The Bertz CT molecular complexity index is 1220. The van der Waals surface area contributed by atoms with Crippen molar-refractivity contribution in [3.8, 4) is 23.1 Å². The van der Waals surface area contributed by atoms with Crippen LogP contribution in [0.15, 0.2) is 35.1 Å². The van der Waals surface area contributed by atoms with Crippen LogP contribution in [-0.4, -0.2) is 51.4 Å². The number of morpholine rings is 1. The maximum absolute atomic E-state index is 6.36.